The van der Waals surface area contributed by atoms with E-state index in [0.717, 1.165) is 48.8 Å². The standard InChI is InChI=1S/C20H21ClN4OS/c1-13-22-18(21)11-19(23-13)25-9-7-14(8-10-25)20-24-16(12-27-20)15-5-3-4-6-17(15)26-2/h3-6,11-12,14H,7-10H2,1-2H3. The van der Waals surface area contributed by atoms with Crippen molar-refractivity contribution in [3.05, 3.63) is 51.7 Å². The minimum atomic E-state index is 0.480. The van der Waals surface area contributed by atoms with Gasteiger partial charge in [0.05, 0.1) is 17.8 Å². The molecule has 0 spiro atoms. The number of aryl methyl sites for hydroxylation is 1. The quantitative estimate of drug-likeness (QED) is 0.579. The predicted molar refractivity (Wildman–Crippen MR) is 110 cm³/mol. The van der Waals surface area contributed by atoms with Crippen LogP contribution in [0.25, 0.3) is 11.3 Å². The van der Waals surface area contributed by atoms with Crippen LogP contribution in [-0.2, 0) is 0 Å². The molecule has 140 valence electrons. The zero-order chi connectivity index (χ0) is 18.8. The fourth-order valence-corrected chi connectivity index (χ4v) is 4.70. The maximum Gasteiger partial charge on any atom is 0.134 e. The van der Waals surface area contributed by atoms with E-state index in [1.807, 2.05) is 31.2 Å². The molecule has 1 aliphatic rings. The van der Waals surface area contributed by atoms with Crippen molar-refractivity contribution >= 4 is 28.8 Å². The Hall–Kier alpha value is -2.18. The lowest BCUT2D eigenvalue weighted by atomic mass is 9.97. The number of rotatable bonds is 4. The molecule has 0 bridgehead atoms. The summed E-state index contributed by atoms with van der Waals surface area (Å²) in [4.78, 5) is 15.9. The summed E-state index contributed by atoms with van der Waals surface area (Å²) in [6.45, 7) is 3.76. The number of nitrogens with zero attached hydrogens (tertiary/aromatic N) is 4. The number of halogens is 1. The molecule has 1 aromatic carbocycles. The third-order valence-corrected chi connectivity index (χ3v) is 6.07. The van der Waals surface area contributed by atoms with Crippen molar-refractivity contribution in [2.45, 2.75) is 25.7 Å². The summed E-state index contributed by atoms with van der Waals surface area (Å²) in [7, 11) is 1.70. The molecule has 7 heteroatoms. The first-order valence-corrected chi connectivity index (χ1v) is 10.2. The topological polar surface area (TPSA) is 51.1 Å². The molecule has 0 saturated carbocycles. The molecule has 1 saturated heterocycles. The molecule has 1 fully saturated rings. The van der Waals surface area contributed by atoms with Gasteiger partial charge in [0.2, 0.25) is 0 Å². The van der Waals surface area contributed by atoms with Crippen molar-refractivity contribution in [3.8, 4) is 17.0 Å². The van der Waals surface area contributed by atoms with Gasteiger partial charge in [-0.1, -0.05) is 23.7 Å². The first kappa shape index (κ1) is 18.2. The monoisotopic (exact) mass is 400 g/mol. The largest absolute Gasteiger partial charge is 0.496 e. The lowest BCUT2D eigenvalue weighted by Gasteiger charge is -2.32. The molecule has 0 radical (unpaired) electrons. The highest BCUT2D eigenvalue weighted by molar-refractivity contribution is 7.10. The summed E-state index contributed by atoms with van der Waals surface area (Å²) < 4.78 is 5.47. The minimum absolute atomic E-state index is 0.480. The van der Waals surface area contributed by atoms with Crippen LogP contribution >= 0.6 is 22.9 Å². The van der Waals surface area contributed by atoms with Crippen molar-refractivity contribution < 1.29 is 4.74 Å². The number of para-hydroxylation sites is 1. The Morgan fingerprint density at radius 2 is 1.93 bits per heavy atom. The van der Waals surface area contributed by atoms with E-state index in [2.05, 4.69) is 26.3 Å². The van der Waals surface area contributed by atoms with Gasteiger partial charge in [-0.15, -0.1) is 11.3 Å². The van der Waals surface area contributed by atoms with Crippen molar-refractivity contribution in [1.82, 2.24) is 15.0 Å². The Bertz CT molecular complexity index is 917. The molecule has 2 aromatic heterocycles. The van der Waals surface area contributed by atoms with Crippen LogP contribution in [0, 0.1) is 6.92 Å². The number of hydrogen-bond donors (Lipinski definition) is 0. The maximum atomic E-state index is 6.08. The molecular formula is C20H21ClN4OS. The summed E-state index contributed by atoms with van der Waals surface area (Å²) >= 11 is 7.82. The lowest BCUT2D eigenvalue weighted by Crippen LogP contribution is -2.33. The van der Waals surface area contributed by atoms with E-state index in [1.165, 1.54) is 5.01 Å². The van der Waals surface area contributed by atoms with Crippen LogP contribution in [0.3, 0.4) is 0 Å². The first-order valence-electron chi connectivity index (χ1n) is 8.99. The van der Waals surface area contributed by atoms with Crippen molar-refractivity contribution in [1.29, 1.82) is 0 Å². The SMILES string of the molecule is COc1ccccc1-c1csc(C2CCN(c3cc(Cl)nc(C)n3)CC2)n1. The van der Waals surface area contributed by atoms with E-state index in [0.29, 0.717) is 16.9 Å². The maximum absolute atomic E-state index is 6.08. The smallest absolute Gasteiger partial charge is 0.134 e. The van der Waals surface area contributed by atoms with E-state index in [4.69, 9.17) is 21.3 Å². The number of thiazole rings is 1. The van der Waals surface area contributed by atoms with Gasteiger partial charge in [0.1, 0.15) is 22.5 Å². The number of hydrogen-bond acceptors (Lipinski definition) is 6. The Balaban J connectivity index is 1.47. The molecular weight excluding hydrogens is 380 g/mol. The van der Waals surface area contributed by atoms with E-state index in [1.54, 1.807) is 18.4 Å². The zero-order valence-corrected chi connectivity index (χ0v) is 16.9. The normalized spacial score (nSPS) is 15.1. The summed E-state index contributed by atoms with van der Waals surface area (Å²) in [6.07, 6.45) is 2.11. The number of anilines is 1. The molecule has 0 unspecified atom stereocenters. The Labute approximate surface area is 168 Å². The number of benzene rings is 1. The number of ether oxygens (including phenoxy) is 1. The van der Waals surface area contributed by atoms with Gasteiger partial charge in [-0.2, -0.15) is 0 Å². The molecule has 4 rings (SSSR count). The van der Waals surface area contributed by atoms with Gasteiger partial charge in [0, 0.05) is 36.0 Å². The van der Waals surface area contributed by atoms with Gasteiger partial charge in [0.15, 0.2) is 0 Å². The zero-order valence-electron chi connectivity index (χ0n) is 15.4. The molecule has 5 nitrogen and oxygen atoms in total. The van der Waals surface area contributed by atoms with Gasteiger partial charge < -0.3 is 9.64 Å². The van der Waals surface area contributed by atoms with Gasteiger partial charge in [-0.05, 0) is 31.9 Å². The highest BCUT2D eigenvalue weighted by atomic mass is 35.5. The summed E-state index contributed by atoms with van der Waals surface area (Å²) in [6, 6.07) is 9.87. The molecule has 0 N–H and O–H groups in total. The second-order valence-electron chi connectivity index (χ2n) is 6.63. The van der Waals surface area contributed by atoms with E-state index in [-0.39, 0.29) is 0 Å². The van der Waals surface area contributed by atoms with Crippen LogP contribution in [0.5, 0.6) is 5.75 Å². The fourth-order valence-electron chi connectivity index (χ4n) is 3.49. The molecule has 3 heterocycles. The molecule has 0 aliphatic carbocycles. The summed E-state index contributed by atoms with van der Waals surface area (Å²) in [5, 5.41) is 3.83. The predicted octanol–water partition coefficient (Wildman–Crippen LogP) is 4.95. The first-order chi connectivity index (χ1) is 13.1. The van der Waals surface area contributed by atoms with Crippen LogP contribution < -0.4 is 9.64 Å². The second kappa shape index (κ2) is 7.82. The average molecular weight is 401 g/mol. The van der Waals surface area contributed by atoms with Crippen molar-refractivity contribution in [2.24, 2.45) is 0 Å². The highest BCUT2D eigenvalue weighted by Crippen LogP contribution is 2.36. The summed E-state index contributed by atoms with van der Waals surface area (Å²) in [5.74, 6) is 2.97. The molecule has 0 atom stereocenters. The molecule has 27 heavy (non-hydrogen) atoms. The van der Waals surface area contributed by atoms with Gasteiger partial charge >= 0.3 is 0 Å². The van der Waals surface area contributed by atoms with E-state index in [9.17, 15) is 0 Å². The highest BCUT2D eigenvalue weighted by Gasteiger charge is 2.24. The number of aromatic nitrogens is 3. The van der Waals surface area contributed by atoms with Crippen LogP contribution in [0.15, 0.2) is 35.7 Å². The number of methoxy groups -OCH3 is 1. The second-order valence-corrected chi connectivity index (χ2v) is 7.91. The third-order valence-electron chi connectivity index (χ3n) is 4.87. The molecule has 0 amide bonds. The van der Waals surface area contributed by atoms with Crippen LogP contribution in [-0.4, -0.2) is 35.2 Å². The van der Waals surface area contributed by atoms with Crippen LogP contribution in [0.1, 0.15) is 29.6 Å². The Morgan fingerprint density at radius 3 is 2.67 bits per heavy atom. The number of piperidine rings is 1. The molecule has 1 aliphatic heterocycles. The lowest BCUT2D eigenvalue weighted by molar-refractivity contribution is 0.416. The van der Waals surface area contributed by atoms with Gasteiger partial charge in [-0.3, -0.25) is 0 Å². The average Bonchev–Trinajstić information content (AvgIpc) is 3.17. The van der Waals surface area contributed by atoms with Crippen molar-refractivity contribution in [3.63, 3.8) is 0 Å². The fraction of sp³-hybridized carbons (Fsp3) is 0.350. The van der Waals surface area contributed by atoms with Crippen LogP contribution in [0.2, 0.25) is 5.15 Å². The van der Waals surface area contributed by atoms with E-state index >= 15 is 0 Å². The van der Waals surface area contributed by atoms with E-state index < -0.39 is 0 Å². The molecule has 3 aromatic rings. The van der Waals surface area contributed by atoms with Crippen LogP contribution in [0.4, 0.5) is 5.82 Å². The minimum Gasteiger partial charge on any atom is -0.496 e. The van der Waals surface area contributed by atoms with Gasteiger partial charge in [0.25, 0.3) is 0 Å². The van der Waals surface area contributed by atoms with Crippen molar-refractivity contribution in [2.75, 3.05) is 25.1 Å². The van der Waals surface area contributed by atoms with Gasteiger partial charge in [-0.25, -0.2) is 15.0 Å². The third kappa shape index (κ3) is 3.92. The summed E-state index contributed by atoms with van der Waals surface area (Å²) in [5.41, 5.74) is 2.04. The Kier molecular flexibility index (Phi) is 5.27. The Morgan fingerprint density at radius 1 is 1.15 bits per heavy atom.